The summed E-state index contributed by atoms with van der Waals surface area (Å²) < 4.78 is 5.42. The average molecular weight is 302 g/mol. The maximum absolute atomic E-state index is 11.8. The van der Waals surface area contributed by atoms with Crippen LogP contribution in [0.2, 0.25) is 0 Å². The minimum Gasteiger partial charge on any atom is -0.464 e. The van der Waals surface area contributed by atoms with Crippen LogP contribution in [0.25, 0.3) is 0 Å². The second kappa shape index (κ2) is 6.50. The Bertz CT molecular complexity index is 506. The van der Waals surface area contributed by atoms with E-state index in [-0.39, 0.29) is 6.03 Å². The van der Waals surface area contributed by atoms with E-state index in [4.69, 9.17) is 9.57 Å². The highest BCUT2D eigenvalue weighted by atomic mass is 32.1. The molecular weight excluding hydrogens is 288 g/mol. The Morgan fingerprint density at radius 3 is 2.95 bits per heavy atom. The largest absolute Gasteiger partial charge is 0.464 e. The Morgan fingerprint density at radius 2 is 2.30 bits per heavy atom. The molecule has 20 heavy (non-hydrogen) atoms. The fourth-order valence-electron chi connectivity index (χ4n) is 1.24. The first-order valence-corrected chi connectivity index (χ1v) is 6.41. The van der Waals surface area contributed by atoms with E-state index in [1.807, 2.05) is 0 Å². The summed E-state index contributed by atoms with van der Waals surface area (Å²) in [5, 5.41) is 9.58. The highest BCUT2D eigenvalue weighted by molar-refractivity contribution is 7.17. The first kappa shape index (κ1) is 14.5. The molecule has 0 bridgehead atoms. The molecule has 1 aliphatic heterocycles. The maximum atomic E-state index is 11.8. The second-order valence-electron chi connectivity index (χ2n) is 3.80. The normalized spacial score (nSPS) is 13.7. The molecule has 9 nitrogen and oxygen atoms in total. The lowest BCUT2D eigenvalue weighted by atomic mass is 10.3. The van der Waals surface area contributed by atoms with Gasteiger partial charge in [-0.15, -0.1) is 5.10 Å². The number of hydrogen-bond acceptors (Lipinski definition) is 8. The summed E-state index contributed by atoms with van der Waals surface area (Å²) in [7, 11) is 4.48. The van der Waals surface area contributed by atoms with Gasteiger partial charge in [0.2, 0.25) is 5.13 Å². The van der Waals surface area contributed by atoms with Crippen molar-refractivity contribution in [2.24, 2.45) is 0 Å². The van der Waals surface area contributed by atoms with E-state index in [0.717, 1.165) is 22.0 Å². The van der Waals surface area contributed by atoms with Gasteiger partial charge in [0.05, 0.1) is 7.11 Å². The third-order valence-corrected chi connectivity index (χ3v) is 3.33. The predicted molar refractivity (Wildman–Crippen MR) is 69.1 cm³/mol. The molecule has 0 saturated carbocycles. The van der Waals surface area contributed by atoms with Crippen molar-refractivity contribution in [2.45, 2.75) is 0 Å². The SMILES string of the molecule is CON(C)C(=O)N(C)c1nnc(OCC2=COOC2)s1. The topological polar surface area (TPSA) is 86.3 Å². The molecule has 2 heterocycles. The van der Waals surface area contributed by atoms with Crippen molar-refractivity contribution in [3.63, 3.8) is 0 Å². The van der Waals surface area contributed by atoms with E-state index in [0.29, 0.717) is 23.5 Å². The fourth-order valence-corrected chi connectivity index (χ4v) is 1.90. The molecule has 1 aliphatic rings. The van der Waals surface area contributed by atoms with Crippen molar-refractivity contribution >= 4 is 22.5 Å². The van der Waals surface area contributed by atoms with Crippen molar-refractivity contribution in [1.29, 1.82) is 0 Å². The van der Waals surface area contributed by atoms with E-state index in [1.165, 1.54) is 25.3 Å². The number of hydrogen-bond donors (Lipinski definition) is 0. The van der Waals surface area contributed by atoms with Crippen molar-refractivity contribution in [1.82, 2.24) is 15.3 Å². The van der Waals surface area contributed by atoms with Crippen LogP contribution in [-0.2, 0) is 14.6 Å². The van der Waals surface area contributed by atoms with Gasteiger partial charge in [-0.1, -0.05) is 5.10 Å². The van der Waals surface area contributed by atoms with Gasteiger partial charge >= 0.3 is 6.03 Å². The molecule has 0 unspecified atom stereocenters. The van der Waals surface area contributed by atoms with Crippen molar-refractivity contribution in [3.05, 3.63) is 11.8 Å². The van der Waals surface area contributed by atoms with Crippen LogP contribution >= 0.6 is 11.3 Å². The minimum absolute atomic E-state index is 0.296. The van der Waals surface area contributed by atoms with Gasteiger partial charge in [-0.2, -0.15) is 4.89 Å². The van der Waals surface area contributed by atoms with Crippen LogP contribution in [0.5, 0.6) is 5.19 Å². The molecule has 0 spiro atoms. The Labute approximate surface area is 119 Å². The number of nitrogens with zero attached hydrogens (tertiary/aromatic N) is 4. The molecule has 2 rings (SSSR count). The smallest absolute Gasteiger partial charge is 0.349 e. The number of ether oxygens (including phenoxy) is 1. The average Bonchev–Trinajstić information content (AvgIpc) is 3.13. The third kappa shape index (κ3) is 3.35. The highest BCUT2D eigenvalue weighted by Gasteiger charge is 2.20. The first-order valence-electron chi connectivity index (χ1n) is 5.60. The maximum Gasteiger partial charge on any atom is 0.349 e. The van der Waals surface area contributed by atoms with E-state index >= 15 is 0 Å². The number of hydroxylamine groups is 2. The van der Waals surface area contributed by atoms with Gasteiger partial charge in [-0.25, -0.2) is 9.86 Å². The van der Waals surface area contributed by atoms with E-state index < -0.39 is 0 Å². The van der Waals surface area contributed by atoms with Crippen LogP contribution in [-0.4, -0.2) is 55.7 Å². The van der Waals surface area contributed by atoms with Gasteiger partial charge in [-0.3, -0.25) is 9.74 Å². The number of urea groups is 1. The Hall–Kier alpha value is -1.91. The van der Waals surface area contributed by atoms with E-state index in [2.05, 4.69) is 20.0 Å². The molecular formula is C10H14N4O5S. The lowest BCUT2D eigenvalue weighted by Gasteiger charge is -2.19. The molecule has 0 N–H and O–H groups in total. The summed E-state index contributed by atoms with van der Waals surface area (Å²) in [4.78, 5) is 27.3. The monoisotopic (exact) mass is 302 g/mol. The Kier molecular flexibility index (Phi) is 4.71. The first-order chi connectivity index (χ1) is 9.61. The number of carbonyl (C=O) groups excluding carboxylic acids is 1. The number of carbonyl (C=O) groups is 1. The van der Waals surface area contributed by atoms with Crippen LogP contribution in [0, 0.1) is 0 Å². The van der Waals surface area contributed by atoms with Gasteiger partial charge in [0, 0.05) is 19.7 Å². The molecule has 10 heteroatoms. The fraction of sp³-hybridized carbons (Fsp3) is 0.500. The zero-order valence-corrected chi connectivity index (χ0v) is 12.0. The van der Waals surface area contributed by atoms with E-state index in [9.17, 15) is 4.79 Å². The molecule has 0 aromatic carbocycles. The van der Waals surface area contributed by atoms with Crippen LogP contribution in [0.1, 0.15) is 0 Å². The molecule has 1 aromatic heterocycles. The van der Waals surface area contributed by atoms with E-state index in [1.54, 1.807) is 7.05 Å². The molecule has 0 saturated heterocycles. The molecule has 1 aromatic rings. The van der Waals surface area contributed by atoms with Crippen LogP contribution in [0.3, 0.4) is 0 Å². The number of aromatic nitrogens is 2. The van der Waals surface area contributed by atoms with Crippen molar-refractivity contribution in [3.8, 4) is 5.19 Å². The summed E-state index contributed by atoms with van der Waals surface area (Å²) in [5.74, 6) is 0. The van der Waals surface area contributed by atoms with Crippen LogP contribution < -0.4 is 9.64 Å². The standard InChI is InChI=1S/C10H14N4O5S/c1-13(10(15)14(2)16-3)8-11-12-9(20-8)17-4-7-5-18-19-6-7/h5H,4,6H2,1-3H3. The van der Waals surface area contributed by atoms with Gasteiger partial charge in [0.25, 0.3) is 5.19 Å². The quantitative estimate of drug-likeness (QED) is 0.587. The molecule has 0 atom stereocenters. The summed E-state index contributed by atoms with van der Waals surface area (Å²) in [6.07, 6.45) is 1.48. The summed E-state index contributed by atoms with van der Waals surface area (Å²) in [6.45, 7) is 0.660. The minimum atomic E-state index is -0.365. The number of amides is 2. The van der Waals surface area contributed by atoms with Crippen LogP contribution in [0.4, 0.5) is 9.93 Å². The second-order valence-corrected chi connectivity index (χ2v) is 4.71. The summed E-state index contributed by atoms with van der Waals surface area (Å²) in [5.41, 5.74) is 0.852. The van der Waals surface area contributed by atoms with Gasteiger partial charge in [-0.05, 0) is 11.3 Å². The number of rotatable bonds is 5. The zero-order valence-electron chi connectivity index (χ0n) is 11.2. The lowest BCUT2D eigenvalue weighted by molar-refractivity contribution is -0.222. The molecule has 0 radical (unpaired) electrons. The predicted octanol–water partition coefficient (Wildman–Crippen LogP) is 0.812. The number of anilines is 1. The van der Waals surface area contributed by atoms with Crippen LogP contribution in [0.15, 0.2) is 11.8 Å². The van der Waals surface area contributed by atoms with Crippen molar-refractivity contribution in [2.75, 3.05) is 39.3 Å². The highest BCUT2D eigenvalue weighted by Crippen LogP contribution is 2.26. The van der Waals surface area contributed by atoms with Gasteiger partial charge < -0.3 is 9.62 Å². The molecule has 0 fully saturated rings. The lowest BCUT2D eigenvalue weighted by Crippen LogP contribution is -2.38. The Balaban J connectivity index is 1.92. The van der Waals surface area contributed by atoms with Crippen molar-refractivity contribution < 1.29 is 24.1 Å². The molecule has 110 valence electrons. The third-order valence-electron chi connectivity index (χ3n) is 2.42. The van der Waals surface area contributed by atoms with Gasteiger partial charge in [0.15, 0.2) is 0 Å². The summed E-state index contributed by atoms with van der Waals surface area (Å²) >= 11 is 1.15. The zero-order chi connectivity index (χ0) is 14.5. The summed E-state index contributed by atoms with van der Waals surface area (Å²) in [6, 6.07) is -0.365. The molecule has 0 aliphatic carbocycles. The molecule has 2 amide bonds. The van der Waals surface area contributed by atoms with Gasteiger partial charge in [0.1, 0.15) is 19.5 Å². The Morgan fingerprint density at radius 1 is 1.50 bits per heavy atom.